The molecule has 3 aliphatic rings. The molecule has 5 atom stereocenters. The Kier molecular flexibility index (Phi) is 10.4. The van der Waals surface area contributed by atoms with Crippen molar-refractivity contribution in [3.05, 3.63) is 54.1 Å². The van der Waals surface area contributed by atoms with Crippen LogP contribution < -0.4 is 15.4 Å². The molecule has 0 aliphatic carbocycles. The number of hydrogen-bond donors (Lipinski definition) is 4. The number of methoxy groups -OCH3 is 1. The Morgan fingerprint density at radius 1 is 1.09 bits per heavy atom. The Hall–Kier alpha value is -2.94. The number of aliphatic hydroxyl groups excluding tert-OH is 1. The van der Waals surface area contributed by atoms with Crippen molar-refractivity contribution in [1.82, 2.24) is 14.9 Å². The van der Waals surface area contributed by atoms with Crippen LogP contribution in [0.3, 0.4) is 0 Å². The van der Waals surface area contributed by atoms with Crippen molar-refractivity contribution >= 4 is 16.1 Å². The standard InChI is InChI=1S/C30H41N3O9S/c1-39-23-6-8-24(9-7-23)43(37,38)33(17-21-10-13-31-14-11-21)18-27(35)26(16-20-2-4-22(34)5-3-20)32-30(36)42-28-19-41-29-25(28)12-15-40-29/h2-9,21,25-29,31,34-35H,10-19H2,1H3,(H,32,36)/t25-,26-,27+,28-,29+/m0/s1. The molecule has 4 N–H and O–H groups in total. The van der Waals surface area contributed by atoms with Crippen LogP contribution in [0.1, 0.15) is 24.8 Å². The lowest BCUT2D eigenvalue weighted by Gasteiger charge is -2.33. The largest absolute Gasteiger partial charge is 0.508 e. The summed E-state index contributed by atoms with van der Waals surface area (Å²) in [6.07, 6.45) is -0.365. The van der Waals surface area contributed by atoms with Crippen molar-refractivity contribution in [2.75, 3.05) is 46.5 Å². The number of aromatic hydroxyl groups is 1. The number of rotatable bonds is 12. The number of nitrogens with zero attached hydrogens (tertiary/aromatic N) is 1. The van der Waals surface area contributed by atoms with E-state index in [0.29, 0.717) is 12.4 Å². The van der Waals surface area contributed by atoms with Crippen molar-refractivity contribution in [3.8, 4) is 11.5 Å². The molecule has 5 rings (SSSR count). The smallest absolute Gasteiger partial charge is 0.407 e. The number of carbonyl (C=O) groups is 1. The van der Waals surface area contributed by atoms with Crippen LogP contribution in [0.5, 0.6) is 11.5 Å². The van der Waals surface area contributed by atoms with E-state index in [1.165, 1.54) is 35.7 Å². The van der Waals surface area contributed by atoms with Crippen LogP contribution in [0.25, 0.3) is 0 Å². The molecule has 3 fully saturated rings. The summed E-state index contributed by atoms with van der Waals surface area (Å²) < 4.78 is 51.1. The lowest BCUT2D eigenvalue weighted by Crippen LogP contribution is -2.52. The number of phenolic OH excluding ortho intramolecular Hbond substituents is 1. The second kappa shape index (κ2) is 14.2. The number of piperidine rings is 1. The topological polar surface area (TPSA) is 156 Å². The average Bonchev–Trinajstić information content (AvgIpc) is 3.63. The van der Waals surface area contributed by atoms with Gasteiger partial charge in [0.15, 0.2) is 6.29 Å². The Bertz CT molecular complexity index is 1300. The number of phenols is 1. The zero-order valence-corrected chi connectivity index (χ0v) is 25.1. The normalized spacial score (nSPS) is 23.9. The number of carbonyl (C=O) groups excluding carboxylic acids is 1. The molecule has 0 radical (unpaired) electrons. The van der Waals surface area contributed by atoms with Crippen molar-refractivity contribution in [3.63, 3.8) is 0 Å². The maximum atomic E-state index is 13.9. The zero-order valence-electron chi connectivity index (χ0n) is 24.3. The number of sulfonamides is 1. The summed E-state index contributed by atoms with van der Waals surface area (Å²) in [5, 5.41) is 27.4. The van der Waals surface area contributed by atoms with Gasteiger partial charge in [0.2, 0.25) is 10.0 Å². The van der Waals surface area contributed by atoms with E-state index in [2.05, 4.69) is 10.6 Å². The van der Waals surface area contributed by atoms with Crippen molar-refractivity contribution in [1.29, 1.82) is 0 Å². The third kappa shape index (κ3) is 7.97. The highest BCUT2D eigenvalue weighted by atomic mass is 32.2. The van der Waals surface area contributed by atoms with Gasteiger partial charge in [-0.3, -0.25) is 0 Å². The third-order valence-electron chi connectivity index (χ3n) is 8.41. The minimum absolute atomic E-state index is 0.0543. The molecule has 2 aromatic carbocycles. The van der Waals surface area contributed by atoms with Crippen LogP contribution in [0.15, 0.2) is 53.4 Å². The summed E-state index contributed by atoms with van der Waals surface area (Å²) in [4.78, 5) is 13.2. The van der Waals surface area contributed by atoms with Crippen LogP contribution in [0.4, 0.5) is 4.79 Å². The number of nitrogens with one attached hydrogen (secondary N) is 2. The molecule has 0 spiro atoms. The van der Waals surface area contributed by atoms with E-state index < -0.39 is 34.4 Å². The molecular weight excluding hydrogens is 578 g/mol. The predicted molar refractivity (Wildman–Crippen MR) is 156 cm³/mol. The minimum atomic E-state index is -4.00. The van der Waals surface area contributed by atoms with E-state index in [1.807, 2.05) is 0 Å². The number of ether oxygens (including phenoxy) is 4. The first kappa shape index (κ1) is 31.5. The Labute approximate surface area is 252 Å². The van der Waals surface area contributed by atoms with E-state index in [0.717, 1.165) is 37.9 Å². The molecule has 0 aromatic heterocycles. The molecule has 12 nitrogen and oxygen atoms in total. The number of amides is 1. The SMILES string of the molecule is COc1ccc(S(=O)(=O)N(CC2CCNCC2)C[C@@H](O)[C@H](Cc2ccc(O)cc2)NC(=O)O[C@H]2CO[C@H]3OCC[C@H]32)cc1. The van der Waals surface area contributed by atoms with E-state index in [-0.39, 0.29) is 54.9 Å². The van der Waals surface area contributed by atoms with E-state index >= 15 is 0 Å². The maximum Gasteiger partial charge on any atom is 0.407 e. The molecular formula is C30H41N3O9S. The first-order chi connectivity index (χ1) is 20.7. The van der Waals surface area contributed by atoms with Crippen LogP contribution >= 0.6 is 0 Å². The second-order valence-corrected chi connectivity index (χ2v) is 13.3. The highest BCUT2D eigenvalue weighted by Crippen LogP contribution is 2.33. The van der Waals surface area contributed by atoms with Crippen LogP contribution in [-0.2, 0) is 30.7 Å². The molecule has 3 saturated heterocycles. The van der Waals surface area contributed by atoms with Crippen molar-refractivity contribution < 1.29 is 42.4 Å². The monoisotopic (exact) mass is 619 g/mol. The van der Waals surface area contributed by atoms with Gasteiger partial charge in [-0.15, -0.1) is 0 Å². The van der Waals surface area contributed by atoms with Gasteiger partial charge in [0.25, 0.3) is 0 Å². The van der Waals surface area contributed by atoms with Crippen molar-refractivity contribution in [2.24, 2.45) is 11.8 Å². The van der Waals surface area contributed by atoms with Crippen LogP contribution in [0, 0.1) is 11.8 Å². The summed E-state index contributed by atoms with van der Waals surface area (Å²) >= 11 is 0. The number of hydrogen-bond acceptors (Lipinski definition) is 10. The van der Waals surface area contributed by atoms with Crippen LogP contribution in [0.2, 0.25) is 0 Å². The van der Waals surface area contributed by atoms with E-state index in [1.54, 1.807) is 24.3 Å². The molecule has 43 heavy (non-hydrogen) atoms. The number of benzene rings is 2. The maximum absolute atomic E-state index is 13.9. The van der Waals surface area contributed by atoms with Gasteiger partial charge in [-0.25, -0.2) is 13.2 Å². The van der Waals surface area contributed by atoms with Crippen molar-refractivity contribution in [2.45, 2.75) is 55.1 Å². The van der Waals surface area contributed by atoms with Gasteiger partial charge in [-0.05, 0) is 86.7 Å². The van der Waals surface area contributed by atoms with E-state index in [9.17, 15) is 23.4 Å². The van der Waals surface area contributed by atoms with Gasteiger partial charge >= 0.3 is 6.09 Å². The van der Waals surface area contributed by atoms with Crippen LogP contribution in [-0.4, -0.2) is 100 Å². The van der Waals surface area contributed by atoms with Gasteiger partial charge in [0.1, 0.15) is 17.6 Å². The lowest BCUT2D eigenvalue weighted by atomic mass is 9.97. The molecule has 0 unspecified atom stereocenters. The van der Waals surface area contributed by atoms with Gasteiger partial charge in [0.05, 0.1) is 43.3 Å². The molecule has 3 aliphatic heterocycles. The van der Waals surface area contributed by atoms with Gasteiger partial charge < -0.3 is 39.8 Å². The van der Waals surface area contributed by atoms with Gasteiger partial charge in [-0.1, -0.05) is 12.1 Å². The van der Waals surface area contributed by atoms with Gasteiger partial charge in [0, 0.05) is 13.1 Å². The summed E-state index contributed by atoms with van der Waals surface area (Å²) in [5.74, 6) is 0.672. The molecule has 0 bridgehead atoms. The third-order valence-corrected chi connectivity index (χ3v) is 10.3. The molecule has 1 amide bonds. The molecule has 13 heteroatoms. The zero-order chi connectivity index (χ0) is 30.4. The average molecular weight is 620 g/mol. The first-order valence-electron chi connectivity index (χ1n) is 14.7. The Balaban J connectivity index is 1.35. The highest BCUT2D eigenvalue weighted by Gasteiger charge is 2.44. The molecule has 0 saturated carbocycles. The molecule has 236 valence electrons. The second-order valence-electron chi connectivity index (χ2n) is 11.3. The quantitative estimate of drug-likeness (QED) is 0.277. The van der Waals surface area contributed by atoms with Gasteiger partial charge in [-0.2, -0.15) is 4.31 Å². The summed E-state index contributed by atoms with van der Waals surface area (Å²) in [6.45, 7) is 2.32. The summed E-state index contributed by atoms with van der Waals surface area (Å²) in [7, 11) is -2.49. The fourth-order valence-electron chi connectivity index (χ4n) is 5.90. The summed E-state index contributed by atoms with van der Waals surface area (Å²) in [5.41, 5.74) is 0.735. The predicted octanol–water partition coefficient (Wildman–Crippen LogP) is 1.85. The first-order valence-corrected chi connectivity index (χ1v) is 16.2. The number of fused-ring (bicyclic) bond motifs is 1. The van der Waals surface area contributed by atoms with E-state index in [4.69, 9.17) is 18.9 Å². The fourth-order valence-corrected chi connectivity index (χ4v) is 7.43. The molecule has 3 heterocycles. The Morgan fingerprint density at radius 2 is 1.81 bits per heavy atom. The Morgan fingerprint density at radius 3 is 2.51 bits per heavy atom. The number of aliphatic hydroxyl groups is 1. The fraction of sp³-hybridized carbons (Fsp3) is 0.567. The lowest BCUT2D eigenvalue weighted by molar-refractivity contribution is -0.0907. The number of alkyl carbamates (subject to hydrolysis) is 1. The summed E-state index contributed by atoms with van der Waals surface area (Å²) in [6, 6.07) is 11.7. The molecule has 2 aromatic rings. The highest BCUT2D eigenvalue weighted by molar-refractivity contribution is 7.89. The minimum Gasteiger partial charge on any atom is -0.508 e.